The maximum atomic E-state index is 11.9. The van der Waals surface area contributed by atoms with Gasteiger partial charge < -0.3 is 5.73 Å². The standard InChI is InChI=1S/C11H16N2O3S/c1-3-8-4-5-11(8,12)9(14)13-17(15,16)10(2)6-7-10/h3-5,8H,1,6-7,12H2,2H3,(H,13,14)/t8-,11-/m1/s1. The van der Waals surface area contributed by atoms with Crippen LogP contribution in [-0.2, 0) is 14.8 Å². The molecule has 0 aliphatic heterocycles. The van der Waals surface area contributed by atoms with Crippen molar-refractivity contribution < 1.29 is 13.2 Å². The van der Waals surface area contributed by atoms with Crippen molar-refractivity contribution in [3.05, 3.63) is 24.8 Å². The van der Waals surface area contributed by atoms with Crippen molar-refractivity contribution in [3.8, 4) is 0 Å². The molecule has 0 spiro atoms. The summed E-state index contributed by atoms with van der Waals surface area (Å²) >= 11 is 0. The van der Waals surface area contributed by atoms with E-state index in [0.717, 1.165) is 0 Å². The Kier molecular flexibility index (Phi) is 2.48. The molecule has 0 radical (unpaired) electrons. The molecule has 0 heterocycles. The predicted octanol–water partition coefficient (Wildman–Crippen LogP) is 0.0544. The lowest BCUT2D eigenvalue weighted by Crippen LogP contribution is -2.62. The first-order valence-electron chi connectivity index (χ1n) is 5.43. The Labute approximate surface area is 101 Å². The van der Waals surface area contributed by atoms with E-state index in [0.29, 0.717) is 12.8 Å². The summed E-state index contributed by atoms with van der Waals surface area (Å²) in [5, 5.41) is 0. The summed E-state index contributed by atoms with van der Waals surface area (Å²) < 4.78 is 25.0. The van der Waals surface area contributed by atoms with E-state index >= 15 is 0 Å². The fraction of sp³-hybridized carbons (Fsp3) is 0.545. The highest BCUT2D eigenvalue weighted by molar-refractivity contribution is 7.91. The van der Waals surface area contributed by atoms with Crippen molar-refractivity contribution in [1.82, 2.24) is 4.72 Å². The lowest BCUT2D eigenvalue weighted by molar-refractivity contribution is -0.124. The Morgan fingerprint density at radius 1 is 1.59 bits per heavy atom. The number of amides is 1. The number of carbonyl (C=O) groups excluding carboxylic acids is 1. The minimum Gasteiger partial charge on any atom is -0.313 e. The molecule has 2 rings (SSSR count). The number of carbonyl (C=O) groups is 1. The van der Waals surface area contributed by atoms with E-state index in [9.17, 15) is 13.2 Å². The second-order valence-electron chi connectivity index (χ2n) is 4.94. The van der Waals surface area contributed by atoms with Gasteiger partial charge in [-0.15, -0.1) is 6.58 Å². The third kappa shape index (κ3) is 1.71. The number of hydrogen-bond acceptors (Lipinski definition) is 4. The Morgan fingerprint density at radius 3 is 2.53 bits per heavy atom. The van der Waals surface area contributed by atoms with Crippen molar-refractivity contribution in [2.24, 2.45) is 11.7 Å². The van der Waals surface area contributed by atoms with Crippen LogP contribution in [0.4, 0.5) is 0 Å². The van der Waals surface area contributed by atoms with Gasteiger partial charge in [-0.25, -0.2) is 8.42 Å². The highest BCUT2D eigenvalue weighted by Gasteiger charge is 2.53. The molecule has 94 valence electrons. The van der Waals surface area contributed by atoms with Gasteiger partial charge in [0.2, 0.25) is 10.0 Å². The molecular weight excluding hydrogens is 240 g/mol. The lowest BCUT2D eigenvalue weighted by atomic mass is 9.75. The van der Waals surface area contributed by atoms with E-state index in [1.165, 1.54) is 12.2 Å². The lowest BCUT2D eigenvalue weighted by Gasteiger charge is -2.36. The van der Waals surface area contributed by atoms with Crippen LogP contribution in [0.25, 0.3) is 0 Å². The van der Waals surface area contributed by atoms with Gasteiger partial charge in [0.05, 0.1) is 4.75 Å². The summed E-state index contributed by atoms with van der Waals surface area (Å²) in [5.74, 6) is -0.997. The summed E-state index contributed by atoms with van der Waals surface area (Å²) in [5.41, 5.74) is 4.56. The number of nitrogens with one attached hydrogen (secondary N) is 1. The summed E-state index contributed by atoms with van der Waals surface area (Å²) in [4.78, 5) is 11.9. The normalized spacial score (nSPS) is 33.6. The fourth-order valence-electron chi connectivity index (χ4n) is 1.69. The van der Waals surface area contributed by atoms with Crippen LogP contribution < -0.4 is 10.5 Å². The van der Waals surface area contributed by atoms with Crippen molar-refractivity contribution in [1.29, 1.82) is 0 Å². The molecule has 0 aromatic rings. The monoisotopic (exact) mass is 256 g/mol. The molecule has 3 N–H and O–H groups in total. The highest BCUT2D eigenvalue weighted by atomic mass is 32.2. The molecule has 0 bridgehead atoms. The van der Waals surface area contributed by atoms with E-state index in [2.05, 4.69) is 11.3 Å². The van der Waals surface area contributed by atoms with Gasteiger partial charge in [0.15, 0.2) is 0 Å². The van der Waals surface area contributed by atoms with Gasteiger partial charge in [-0.05, 0) is 19.8 Å². The third-order valence-electron chi connectivity index (χ3n) is 3.61. The zero-order valence-electron chi connectivity index (χ0n) is 9.64. The van der Waals surface area contributed by atoms with Gasteiger partial charge in [0.25, 0.3) is 5.91 Å². The highest BCUT2D eigenvalue weighted by Crippen LogP contribution is 2.42. The summed E-state index contributed by atoms with van der Waals surface area (Å²) in [6, 6.07) is 0. The van der Waals surface area contributed by atoms with Crippen molar-refractivity contribution in [3.63, 3.8) is 0 Å². The number of rotatable bonds is 4. The van der Waals surface area contributed by atoms with Crippen molar-refractivity contribution in [2.75, 3.05) is 0 Å². The zero-order valence-corrected chi connectivity index (χ0v) is 10.5. The first-order valence-corrected chi connectivity index (χ1v) is 6.91. The second kappa shape index (κ2) is 3.43. The van der Waals surface area contributed by atoms with Crippen LogP contribution >= 0.6 is 0 Å². The predicted molar refractivity (Wildman–Crippen MR) is 64.4 cm³/mol. The van der Waals surface area contributed by atoms with Gasteiger partial charge in [-0.3, -0.25) is 9.52 Å². The van der Waals surface area contributed by atoms with Crippen LogP contribution in [0, 0.1) is 5.92 Å². The maximum Gasteiger partial charge on any atom is 0.258 e. The van der Waals surface area contributed by atoms with Gasteiger partial charge in [-0.2, -0.15) is 0 Å². The average Bonchev–Trinajstić information content (AvgIpc) is 2.95. The topological polar surface area (TPSA) is 89.3 Å². The Morgan fingerprint density at radius 2 is 2.18 bits per heavy atom. The summed E-state index contributed by atoms with van der Waals surface area (Å²) in [6.07, 6.45) is 5.91. The quantitative estimate of drug-likeness (QED) is 0.696. The van der Waals surface area contributed by atoms with Crippen LogP contribution in [-0.4, -0.2) is 24.6 Å². The molecule has 2 aliphatic rings. The molecule has 5 nitrogen and oxygen atoms in total. The van der Waals surface area contributed by atoms with E-state index < -0.39 is 26.2 Å². The molecular formula is C11H16N2O3S. The molecule has 1 amide bonds. The summed E-state index contributed by atoms with van der Waals surface area (Å²) in [7, 11) is -3.62. The zero-order chi connectivity index (χ0) is 12.9. The third-order valence-corrected chi connectivity index (χ3v) is 5.77. The number of hydrogen-bond donors (Lipinski definition) is 2. The fourth-order valence-corrected chi connectivity index (χ4v) is 3.00. The first kappa shape index (κ1) is 12.3. The molecule has 1 saturated carbocycles. The van der Waals surface area contributed by atoms with Gasteiger partial charge in [0.1, 0.15) is 5.54 Å². The molecule has 6 heteroatoms. The van der Waals surface area contributed by atoms with Crippen LogP contribution in [0.2, 0.25) is 0 Å². The molecule has 2 aliphatic carbocycles. The molecule has 17 heavy (non-hydrogen) atoms. The van der Waals surface area contributed by atoms with Gasteiger partial charge in [-0.1, -0.05) is 18.2 Å². The smallest absolute Gasteiger partial charge is 0.258 e. The first-order chi connectivity index (χ1) is 7.75. The maximum absolute atomic E-state index is 11.9. The van der Waals surface area contributed by atoms with Crippen LogP contribution in [0.1, 0.15) is 19.8 Å². The van der Waals surface area contributed by atoms with Crippen LogP contribution in [0.15, 0.2) is 24.8 Å². The number of sulfonamides is 1. The van der Waals surface area contributed by atoms with E-state index in [4.69, 9.17) is 5.73 Å². The molecule has 0 saturated heterocycles. The Balaban J connectivity index is 2.14. The minimum atomic E-state index is -3.62. The van der Waals surface area contributed by atoms with Crippen LogP contribution in [0.5, 0.6) is 0 Å². The molecule has 0 unspecified atom stereocenters. The van der Waals surface area contributed by atoms with Crippen LogP contribution in [0.3, 0.4) is 0 Å². The van der Waals surface area contributed by atoms with E-state index in [1.54, 1.807) is 13.0 Å². The van der Waals surface area contributed by atoms with Gasteiger partial charge in [0, 0.05) is 5.92 Å². The Bertz CT molecular complexity index is 505. The average molecular weight is 256 g/mol. The molecule has 1 fully saturated rings. The largest absolute Gasteiger partial charge is 0.313 e. The van der Waals surface area contributed by atoms with Crippen molar-refractivity contribution in [2.45, 2.75) is 30.1 Å². The van der Waals surface area contributed by atoms with E-state index in [1.807, 2.05) is 0 Å². The Hall–Kier alpha value is -1.14. The SMILES string of the molecule is C=C[C@@H]1C=C[C@]1(N)C(=O)NS(=O)(=O)C1(C)CC1. The molecule has 0 aromatic heterocycles. The van der Waals surface area contributed by atoms with E-state index in [-0.39, 0.29) is 5.92 Å². The second-order valence-corrected chi connectivity index (χ2v) is 7.13. The summed E-state index contributed by atoms with van der Waals surface area (Å²) in [6.45, 7) is 5.18. The molecule has 2 atom stereocenters. The minimum absolute atomic E-state index is 0.315. The number of nitrogens with two attached hydrogens (primary N) is 1. The molecule has 0 aromatic carbocycles. The van der Waals surface area contributed by atoms with Gasteiger partial charge >= 0.3 is 0 Å². The van der Waals surface area contributed by atoms with Crippen molar-refractivity contribution >= 4 is 15.9 Å².